The van der Waals surface area contributed by atoms with Crippen molar-refractivity contribution in [3.63, 3.8) is 0 Å². The van der Waals surface area contributed by atoms with E-state index in [9.17, 15) is 4.79 Å². The molecule has 1 N–H and O–H groups in total. The lowest BCUT2D eigenvalue weighted by atomic mass is 10.1. The van der Waals surface area contributed by atoms with E-state index in [1.807, 2.05) is 6.29 Å². The molecule has 1 saturated heterocycles. The molecular formula is C8H15N2O. The number of carbonyl (C=O) groups excluding carboxylic acids is 1. The minimum absolute atomic E-state index is 0.0382. The second kappa shape index (κ2) is 3.83. The molecule has 0 spiro atoms. The van der Waals surface area contributed by atoms with Gasteiger partial charge in [0.05, 0.1) is 6.04 Å². The van der Waals surface area contributed by atoms with E-state index in [2.05, 4.69) is 24.1 Å². The van der Waals surface area contributed by atoms with E-state index >= 15 is 0 Å². The number of nitrogens with zero attached hydrogens (tertiary/aromatic N) is 1. The van der Waals surface area contributed by atoms with Crippen molar-refractivity contribution in [3.05, 3.63) is 0 Å². The number of rotatable bonds is 2. The summed E-state index contributed by atoms with van der Waals surface area (Å²) in [4.78, 5) is 12.6. The molecule has 1 heterocycles. The fourth-order valence-electron chi connectivity index (χ4n) is 1.45. The van der Waals surface area contributed by atoms with Crippen LogP contribution in [0.3, 0.4) is 0 Å². The van der Waals surface area contributed by atoms with E-state index in [-0.39, 0.29) is 6.04 Å². The van der Waals surface area contributed by atoms with Crippen LogP contribution >= 0.6 is 0 Å². The zero-order valence-electron chi connectivity index (χ0n) is 7.13. The maximum Gasteiger partial charge on any atom is 0.218 e. The Bertz CT molecular complexity index is 136. The fourth-order valence-corrected chi connectivity index (χ4v) is 1.45. The van der Waals surface area contributed by atoms with Gasteiger partial charge in [0, 0.05) is 25.7 Å². The number of nitrogens with one attached hydrogen (secondary N) is 1. The van der Waals surface area contributed by atoms with Crippen molar-refractivity contribution < 1.29 is 4.79 Å². The average Bonchev–Trinajstić information content (AvgIpc) is 2.04. The first-order valence-electron chi connectivity index (χ1n) is 4.10. The summed E-state index contributed by atoms with van der Waals surface area (Å²) in [6.07, 6.45) is 2.05. The third-order valence-electron chi connectivity index (χ3n) is 2.08. The molecule has 1 unspecified atom stereocenters. The van der Waals surface area contributed by atoms with Crippen LogP contribution in [-0.4, -0.2) is 42.9 Å². The Morgan fingerprint density at radius 2 is 2.36 bits per heavy atom. The Morgan fingerprint density at radius 3 is 2.82 bits per heavy atom. The van der Waals surface area contributed by atoms with Crippen LogP contribution in [-0.2, 0) is 4.79 Å². The number of hydrogen-bond donors (Lipinski definition) is 1. The molecule has 0 amide bonds. The molecule has 1 aliphatic rings. The van der Waals surface area contributed by atoms with Gasteiger partial charge in [-0.3, -0.25) is 9.69 Å². The summed E-state index contributed by atoms with van der Waals surface area (Å²) in [5.74, 6) is 0. The van der Waals surface area contributed by atoms with Gasteiger partial charge >= 0.3 is 0 Å². The van der Waals surface area contributed by atoms with Crippen molar-refractivity contribution in [1.82, 2.24) is 10.2 Å². The van der Waals surface area contributed by atoms with Gasteiger partial charge in [0.25, 0.3) is 0 Å². The summed E-state index contributed by atoms with van der Waals surface area (Å²) >= 11 is 0. The fraction of sp³-hybridized carbons (Fsp3) is 0.875. The summed E-state index contributed by atoms with van der Waals surface area (Å²) < 4.78 is 0. The topological polar surface area (TPSA) is 32.3 Å². The van der Waals surface area contributed by atoms with Crippen molar-refractivity contribution in [2.75, 3.05) is 19.6 Å². The van der Waals surface area contributed by atoms with Crippen LogP contribution in [0, 0.1) is 0 Å². The molecule has 0 aromatic carbocycles. The SMILES string of the molecule is CC(C)N1CCNCC1[C]=O. The summed E-state index contributed by atoms with van der Waals surface area (Å²) in [6, 6.07) is 0.410. The molecule has 3 nitrogen and oxygen atoms in total. The third-order valence-corrected chi connectivity index (χ3v) is 2.08. The van der Waals surface area contributed by atoms with Crippen LogP contribution in [0.15, 0.2) is 0 Å². The number of hydrogen-bond acceptors (Lipinski definition) is 3. The van der Waals surface area contributed by atoms with Gasteiger partial charge in [0.2, 0.25) is 6.29 Å². The van der Waals surface area contributed by atoms with Crippen molar-refractivity contribution in [2.24, 2.45) is 0 Å². The zero-order chi connectivity index (χ0) is 8.27. The van der Waals surface area contributed by atoms with E-state index in [0.29, 0.717) is 6.04 Å². The molecule has 0 aromatic heterocycles. The highest BCUT2D eigenvalue weighted by Crippen LogP contribution is 2.05. The Hall–Kier alpha value is -0.410. The van der Waals surface area contributed by atoms with Crippen LogP contribution in [0.5, 0.6) is 0 Å². The summed E-state index contributed by atoms with van der Waals surface area (Å²) in [7, 11) is 0. The van der Waals surface area contributed by atoms with E-state index in [0.717, 1.165) is 19.6 Å². The van der Waals surface area contributed by atoms with Crippen LogP contribution in [0.4, 0.5) is 0 Å². The molecule has 0 bridgehead atoms. The predicted molar refractivity (Wildman–Crippen MR) is 44.2 cm³/mol. The molecule has 0 saturated carbocycles. The Balaban J connectivity index is 2.51. The lowest BCUT2D eigenvalue weighted by Crippen LogP contribution is -2.54. The van der Waals surface area contributed by atoms with Gasteiger partial charge < -0.3 is 5.32 Å². The number of piperazine rings is 1. The Morgan fingerprint density at radius 1 is 1.64 bits per heavy atom. The first-order chi connectivity index (χ1) is 5.25. The standard InChI is InChI=1S/C8H15N2O/c1-7(2)10-4-3-9-5-8(10)6-11/h7-9H,3-5H2,1-2H3. The van der Waals surface area contributed by atoms with Crippen LogP contribution in [0.1, 0.15) is 13.8 Å². The molecule has 63 valence electrons. The van der Waals surface area contributed by atoms with E-state index in [1.165, 1.54) is 0 Å². The van der Waals surface area contributed by atoms with Crippen LogP contribution < -0.4 is 5.32 Å². The first kappa shape index (κ1) is 8.68. The molecule has 1 atom stereocenters. The van der Waals surface area contributed by atoms with E-state index in [4.69, 9.17) is 0 Å². The van der Waals surface area contributed by atoms with Gasteiger partial charge in [-0.1, -0.05) is 0 Å². The van der Waals surface area contributed by atoms with Gasteiger partial charge in [-0.15, -0.1) is 0 Å². The molecule has 0 aromatic rings. The molecule has 1 radical (unpaired) electrons. The summed E-state index contributed by atoms with van der Waals surface area (Å²) in [5, 5.41) is 3.17. The Labute approximate surface area is 67.8 Å². The third kappa shape index (κ3) is 2.01. The van der Waals surface area contributed by atoms with E-state index < -0.39 is 0 Å². The van der Waals surface area contributed by atoms with Gasteiger partial charge in [-0.25, -0.2) is 0 Å². The van der Waals surface area contributed by atoms with Crippen molar-refractivity contribution >= 4 is 6.29 Å². The minimum Gasteiger partial charge on any atom is -0.313 e. The molecule has 11 heavy (non-hydrogen) atoms. The van der Waals surface area contributed by atoms with Crippen molar-refractivity contribution in [2.45, 2.75) is 25.9 Å². The quantitative estimate of drug-likeness (QED) is 0.598. The monoisotopic (exact) mass is 155 g/mol. The molecule has 1 fully saturated rings. The van der Waals surface area contributed by atoms with Crippen LogP contribution in [0.25, 0.3) is 0 Å². The van der Waals surface area contributed by atoms with Gasteiger partial charge in [-0.05, 0) is 13.8 Å². The highest BCUT2D eigenvalue weighted by Gasteiger charge is 2.23. The molecule has 0 aliphatic carbocycles. The first-order valence-corrected chi connectivity index (χ1v) is 4.10. The molecule has 3 heteroatoms. The maximum atomic E-state index is 10.5. The minimum atomic E-state index is -0.0382. The average molecular weight is 155 g/mol. The second-order valence-electron chi connectivity index (χ2n) is 3.17. The van der Waals surface area contributed by atoms with Gasteiger partial charge in [-0.2, -0.15) is 0 Å². The molecule has 1 aliphatic heterocycles. The Kier molecular flexibility index (Phi) is 3.02. The smallest absolute Gasteiger partial charge is 0.218 e. The summed E-state index contributed by atoms with van der Waals surface area (Å²) in [5.41, 5.74) is 0. The van der Waals surface area contributed by atoms with Crippen molar-refractivity contribution in [1.29, 1.82) is 0 Å². The van der Waals surface area contributed by atoms with Crippen LogP contribution in [0.2, 0.25) is 0 Å². The lowest BCUT2D eigenvalue weighted by molar-refractivity contribution is 0.160. The maximum absolute atomic E-state index is 10.5. The molecular weight excluding hydrogens is 140 g/mol. The predicted octanol–water partition coefficient (Wildman–Crippen LogP) is -0.222. The highest BCUT2D eigenvalue weighted by atomic mass is 16.1. The second-order valence-corrected chi connectivity index (χ2v) is 3.17. The van der Waals surface area contributed by atoms with Crippen molar-refractivity contribution in [3.8, 4) is 0 Å². The largest absolute Gasteiger partial charge is 0.313 e. The van der Waals surface area contributed by atoms with E-state index in [1.54, 1.807) is 0 Å². The lowest BCUT2D eigenvalue weighted by Gasteiger charge is -2.35. The highest BCUT2D eigenvalue weighted by molar-refractivity contribution is 5.59. The van der Waals surface area contributed by atoms with Gasteiger partial charge in [0.1, 0.15) is 0 Å². The summed E-state index contributed by atoms with van der Waals surface area (Å²) in [6.45, 7) is 6.90. The normalized spacial score (nSPS) is 27.4. The zero-order valence-corrected chi connectivity index (χ0v) is 7.13. The van der Waals surface area contributed by atoms with Gasteiger partial charge in [0.15, 0.2) is 0 Å². The molecule has 1 rings (SSSR count).